The largest absolute Gasteiger partial charge is 0.381 e. The molecule has 3 amide bonds. The molecule has 76 heavy (non-hydrogen) atoms. The second-order valence-corrected chi connectivity index (χ2v) is 23.1. The molecule has 5 aromatic heterocycles. The molecule has 6 aromatic rings. The lowest BCUT2D eigenvalue weighted by Gasteiger charge is -2.43. The molecule has 1 N–H and O–H groups in total. The molecule has 402 valence electrons. The summed E-state index contributed by atoms with van der Waals surface area (Å²) in [7, 11) is 0. The molecule has 1 aliphatic carbocycles. The Hall–Kier alpha value is -6.07. The summed E-state index contributed by atoms with van der Waals surface area (Å²) in [5.41, 5.74) is 11.0. The van der Waals surface area contributed by atoms with Crippen LogP contribution in [0.4, 0.5) is 16.2 Å². The monoisotopic (exact) mass is 1030 g/mol. The average Bonchev–Trinajstić information content (AvgIpc) is 3.96. The molecule has 5 aliphatic heterocycles. The standard InChI is InChI=1S/C60H78N12O4/c1-6-76-60(17-23-65(24-18-60)43(4)5)50-11-12-52(61-37-50)49-34-56-53(13-19-63-70(56)38-49)66-25-29-68(30-26-66)58(73)51-35-55(51)71-22-16-54(67-27-31-69(32-28-67)59(74)62-36-44-40-75-41-44)57-33-48(39-72(57)71)46-9-7-45(8-10-46)47-14-20-64(21-15-47)42(2)3/h7-13,16,19,22,33-34,37-39,42-44,47,51,55H,6,14-15,17-18,20-21,23-32,35-36,40-41H2,1-5H3/p+1. The molecule has 1 saturated carbocycles. The van der Waals surface area contributed by atoms with Crippen LogP contribution in [0.1, 0.15) is 89.8 Å². The number of amides is 3. The van der Waals surface area contributed by atoms with Gasteiger partial charge in [0, 0.05) is 144 Å². The first-order valence-electron chi connectivity index (χ1n) is 28.6. The van der Waals surface area contributed by atoms with E-state index in [1.165, 1.54) is 24.0 Å². The zero-order chi connectivity index (χ0) is 52.1. The van der Waals surface area contributed by atoms with Gasteiger partial charge in [0.2, 0.25) is 5.91 Å². The van der Waals surface area contributed by atoms with Gasteiger partial charge < -0.3 is 44.2 Å². The summed E-state index contributed by atoms with van der Waals surface area (Å²) < 4.78 is 18.4. The van der Waals surface area contributed by atoms with Gasteiger partial charge in [0.05, 0.1) is 47.6 Å². The van der Waals surface area contributed by atoms with Crippen molar-refractivity contribution in [1.82, 2.24) is 44.0 Å². The fourth-order valence-corrected chi connectivity index (χ4v) is 13.0. The van der Waals surface area contributed by atoms with Gasteiger partial charge in [-0.3, -0.25) is 9.78 Å². The van der Waals surface area contributed by atoms with E-state index in [1.54, 1.807) is 0 Å². The molecule has 1 aromatic carbocycles. The SMILES string of the molecule is CCOC1(c2ccc(-c3cc4c(N5CCN(C(=O)C6CC6[n+]6ccc(N7CCN(C(=O)NCC8COC8)CC7)c7cc(-c8ccc(C9CCN(C(C)C)CC9)cc8)cn76)CC5)ccnn4c3)nc2)CCN(C(C)C)CC1. The number of carbonyl (C=O) groups is 2. The second-order valence-electron chi connectivity index (χ2n) is 23.1. The van der Waals surface area contributed by atoms with E-state index in [0.717, 1.165) is 130 Å². The number of anilines is 2. The number of piperazine rings is 2. The van der Waals surface area contributed by atoms with E-state index in [9.17, 15) is 9.59 Å². The number of nitrogens with one attached hydrogen (secondary N) is 1. The van der Waals surface area contributed by atoms with Crippen LogP contribution >= 0.6 is 0 Å². The third-order valence-corrected chi connectivity index (χ3v) is 18.0. The number of aromatic nitrogens is 5. The molecule has 5 saturated heterocycles. The van der Waals surface area contributed by atoms with E-state index in [2.05, 4.69) is 153 Å². The zero-order valence-electron chi connectivity index (χ0n) is 45.5. The van der Waals surface area contributed by atoms with E-state index >= 15 is 0 Å². The lowest BCUT2D eigenvalue weighted by molar-refractivity contribution is -0.768. The minimum Gasteiger partial charge on any atom is -0.381 e. The predicted octanol–water partition coefficient (Wildman–Crippen LogP) is 7.32. The Kier molecular flexibility index (Phi) is 14.3. The number of rotatable bonds is 14. The molecule has 6 aliphatic rings. The Bertz CT molecular complexity index is 2990. The predicted molar refractivity (Wildman–Crippen MR) is 297 cm³/mol. The smallest absolute Gasteiger partial charge is 0.317 e. The maximum Gasteiger partial charge on any atom is 0.317 e. The molecule has 2 unspecified atom stereocenters. The highest BCUT2D eigenvalue weighted by atomic mass is 16.5. The second kappa shape index (κ2) is 21.4. The van der Waals surface area contributed by atoms with Gasteiger partial charge in [0.1, 0.15) is 11.4 Å². The Balaban J connectivity index is 0.725. The molecule has 16 heteroatoms. The molecule has 0 radical (unpaired) electrons. The molecule has 16 nitrogen and oxygen atoms in total. The topological polar surface area (TPSA) is 123 Å². The number of hydrogen-bond donors (Lipinski definition) is 1. The number of benzene rings is 1. The summed E-state index contributed by atoms with van der Waals surface area (Å²) in [5.74, 6) is 1.17. The van der Waals surface area contributed by atoms with Crippen LogP contribution in [0.25, 0.3) is 33.4 Å². The fraction of sp³-hybridized carbons (Fsp3) is 0.550. The Labute approximate surface area is 448 Å². The Morgan fingerprint density at radius 1 is 0.750 bits per heavy atom. The van der Waals surface area contributed by atoms with Crippen LogP contribution in [0, 0.1) is 11.8 Å². The normalized spacial score (nSPS) is 22.0. The quantitative estimate of drug-likeness (QED) is 0.111. The number of urea groups is 1. The van der Waals surface area contributed by atoms with Crippen molar-refractivity contribution in [3.05, 3.63) is 103 Å². The van der Waals surface area contributed by atoms with Crippen molar-refractivity contribution >= 4 is 34.3 Å². The van der Waals surface area contributed by atoms with Crippen LogP contribution in [0.5, 0.6) is 0 Å². The van der Waals surface area contributed by atoms with Crippen LogP contribution in [0.15, 0.2) is 91.6 Å². The maximum atomic E-state index is 14.5. The van der Waals surface area contributed by atoms with Crippen LogP contribution < -0.4 is 19.8 Å². The summed E-state index contributed by atoms with van der Waals surface area (Å²) in [6, 6.07) is 23.7. The fourth-order valence-electron chi connectivity index (χ4n) is 13.0. The average molecular weight is 1030 g/mol. The highest BCUT2D eigenvalue weighted by Crippen LogP contribution is 2.43. The van der Waals surface area contributed by atoms with Crippen molar-refractivity contribution in [3.63, 3.8) is 0 Å². The highest BCUT2D eigenvalue weighted by molar-refractivity contribution is 5.84. The first kappa shape index (κ1) is 50.7. The van der Waals surface area contributed by atoms with Gasteiger partial charge in [-0.2, -0.15) is 5.10 Å². The Morgan fingerprint density at radius 3 is 2.07 bits per heavy atom. The summed E-state index contributed by atoms with van der Waals surface area (Å²) in [6.07, 6.45) is 15.6. The third-order valence-electron chi connectivity index (χ3n) is 18.0. The van der Waals surface area contributed by atoms with Gasteiger partial charge >= 0.3 is 6.03 Å². The number of pyridine rings is 1. The molecular weight excluding hydrogens is 953 g/mol. The number of piperidine rings is 2. The van der Waals surface area contributed by atoms with E-state index < -0.39 is 0 Å². The number of hydrogen-bond acceptors (Lipinski definition) is 10. The van der Waals surface area contributed by atoms with Crippen LogP contribution in [0.2, 0.25) is 0 Å². The highest BCUT2D eigenvalue weighted by Gasteiger charge is 2.54. The van der Waals surface area contributed by atoms with E-state index in [1.807, 2.05) is 21.8 Å². The lowest BCUT2D eigenvalue weighted by atomic mass is 9.84. The lowest BCUT2D eigenvalue weighted by Crippen LogP contribution is -2.53. The minimum atomic E-state index is -0.302. The summed E-state index contributed by atoms with van der Waals surface area (Å²) in [4.78, 5) is 46.6. The summed E-state index contributed by atoms with van der Waals surface area (Å²) in [6.45, 7) is 24.0. The van der Waals surface area contributed by atoms with Crippen LogP contribution in [0.3, 0.4) is 0 Å². The molecule has 12 rings (SSSR count). The van der Waals surface area contributed by atoms with E-state index in [0.29, 0.717) is 63.3 Å². The number of fused-ring (bicyclic) bond motifs is 2. The van der Waals surface area contributed by atoms with Gasteiger partial charge in [0.15, 0.2) is 12.2 Å². The molecule has 0 bridgehead atoms. The number of carbonyl (C=O) groups excluding carboxylic acids is 2. The van der Waals surface area contributed by atoms with Gasteiger partial charge in [-0.1, -0.05) is 30.3 Å². The van der Waals surface area contributed by atoms with Crippen molar-refractivity contribution in [2.24, 2.45) is 11.8 Å². The molecule has 0 spiro atoms. The summed E-state index contributed by atoms with van der Waals surface area (Å²) in [5, 5.41) is 7.84. The van der Waals surface area contributed by atoms with Crippen molar-refractivity contribution in [3.8, 4) is 22.4 Å². The molecule has 2 atom stereocenters. The van der Waals surface area contributed by atoms with Crippen LogP contribution in [-0.2, 0) is 19.9 Å². The molecule has 6 fully saturated rings. The van der Waals surface area contributed by atoms with Crippen LogP contribution in [-0.4, -0.2) is 168 Å². The van der Waals surface area contributed by atoms with Gasteiger partial charge in [-0.15, -0.1) is 9.20 Å². The van der Waals surface area contributed by atoms with Crippen molar-refractivity contribution in [1.29, 1.82) is 0 Å². The first-order valence-corrected chi connectivity index (χ1v) is 28.6. The molecule has 10 heterocycles. The van der Waals surface area contributed by atoms with Crippen molar-refractivity contribution in [2.75, 3.05) is 115 Å². The van der Waals surface area contributed by atoms with Gasteiger partial charge in [-0.25, -0.2) is 9.31 Å². The van der Waals surface area contributed by atoms with E-state index in [4.69, 9.17) is 19.6 Å². The van der Waals surface area contributed by atoms with E-state index in [-0.39, 0.29) is 29.5 Å². The van der Waals surface area contributed by atoms with Gasteiger partial charge in [0.25, 0.3) is 0 Å². The van der Waals surface area contributed by atoms with Crippen molar-refractivity contribution < 1.29 is 23.7 Å². The first-order chi connectivity index (χ1) is 37.0. The van der Waals surface area contributed by atoms with Gasteiger partial charge in [-0.05, 0) is 115 Å². The molecular formula is C60H79N12O4+. The third kappa shape index (κ3) is 10.1. The maximum absolute atomic E-state index is 14.5. The number of likely N-dealkylation sites (tertiary alicyclic amines) is 2. The zero-order valence-corrected chi connectivity index (χ0v) is 45.5. The van der Waals surface area contributed by atoms with Crippen molar-refractivity contribution in [2.45, 2.75) is 96.4 Å². The summed E-state index contributed by atoms with van der Waals surface area (Å²) >= 11 is 0. The minimum absolute atomic E-state index is 0.0108. The number of nitrogens with zero attached hydrogens (tertiary/aromatic N) is 11. The number of ether oxygens (including phenoxy) is 2. The Morgan fingerprint density at radius 2 is 1.42 bits per heavy atom.